The predicted octanol–water partition coefficient (Wildman–Crippen LogP) is 4.35. The number of fused-ring (bicyclic) bond motifs is 2. The minimum Gasteiger partial charge on any atom is -0.455 e. The molecular weight excluding hydrogens is 650 g/mol. The molecule has 0 saturated carbocycles. The number of carbonyl (C=O) groups is 4. The maximum Gasteiger partial charge on any atom is 0.313 e. The van der Waals surface area contributed by atoms with Gasteiger partial charge in [-0.25, -0.2) is 0 Å². The molecular formula is C40H57N3O8. The predicted molar refractivity (Wildman–Crippen MR) is 192 cm³/mol. The zero-order chi connectivity index (χ0) is 37.3. The maximum absolute atomic E-state index is 15.3. The number of hydrogen-bond acceptors (Lipinski definition) is 8. The van der Waals surface area contributed by atoms with Crippen LogP contribution in [0, 0.1) is 23.2 Å². The van der Waals surface area contributed by atoms with Crippen LogP contribution >= 0.6 is 0 Å². The Labute approximate surface area is 302 Å². The van der Waals surface area contributed by atoms with Crippen LogP contribution in [0.1, 0.15) is 85.8 Å². The summed E-state index contributed by atoms with van der Waals surface area (Å²) in [4.78, 5) is 61.3. The lowest BCUT2D eigenvalue weighted by atomic mass is 9.74. The first kappa shape index (κ1) is 38.7. The third kappa shape index (κ3) is 7.81. The van der Waals surface area contributed by atoms with Gasteiger partial charge in [-0.2, -0.15) is 0 Å². The van der Waals surface area contributed by atoms with Crippen LogP contribution in [-0.4, -0.2) is 101 Å². The van der Waals surface area contributed by atoms with E-state index in [1.54, 1.807) is 17.1 Å². The first-order valence-corrected chi connectivity index (χ1v) is 18.3. The van der Waals surface area contributed by atoms with E-state index in [1.165, 1.54) is 12.0 Å². The van der Waals surface area contributed by atoms with Crippen molar-refractivity contribution in [3.05, 3.63) is 60.2 Å². The molecule has 5 rings (SSSR count). The zero-order valence-electron chi connectivity index (χ0n) is 31.5. The molecule has 280 valence electrons. The lowest BCUT2D eigenvalue weighted by molar-refractivity contribution is -0.163. The fraction of sp³-hybridized carbons (Fsp3) is 0.650. The van der Waals surface area contributed by atoms with E-state index < -0.39 is 65.2 Å². The number of amides is 3. The first-order chi connectivity index (χ1) is 24.0. The van der Waals surface area contributed by atoms with Gasteiger partial charge in [-0.05, 0) is 50.0 Å². The summed E-state index contributed by atoms with van der Waals surface area (Å²) >= 11 is 0. The number of ether oxygens (including phenoxy) is 3. The molecule has 4 aliphatic rings. The average Bonchev–Trinajstić information content (AvgIpc) is 3.69. The van der Waals surface area contributed by atoms with Gasteiger partial charge in [0, 0.05) is 25.6 Å². The fourth-order valence-corrected chi connectivity index (χ4v) is 8.95. The molecule has 0 radical (unpaired) electrons. The highest BCUT2D eigenvalue weighted by atomic mass is 16.6. The highest BCUT2D eigenvalue weighted by Crippen LogP contribution is 2.57. The summed E-state index contributed by atoms with van der Waals surface area (Å²) in [6, 6.07) is 6.62. The molecule has 5 bridgehead atoms. The number of nitrogens with zero attached hydrogens (tertiary/aromatic N) is 2. The number of rotatable bonds is 9. The van der Waals surface area contributed by atoms with Crippen LogP contribution in [0.25, 0.3) is 0 Å². The van der Waals surface area contributed by atoms with E-state index in [0.29, 0.717) is 24.8 Å². The van der Waals surface area contributed by atoms with Crippen molar-refractivity contribution in [2.24, 2.45) is 23.2 Å². The second-order valence-electron chi connectivity index (χ2n) is 16.8. The molecule has 51 heavy (non-hydrogen) atoms. The Balaban J connectivity index is 1.66. The van der Waals surface area contributed by atoms with Gasteiger partial charge in [0.1, 0.15) is 23.7 Å². The van der Waals surface area contributed by atoms with Gasteiger partial charge in [0.2, 0.25) is 17.7 Å². The number of nitrogens with one attached hydrogen (secondary N) is 1. The van der Waals surface area contributed by atoms with Gasteiger partial charge in [0.05, 0.1) is 37.3 Å². The van der Waals surface area contributed by atoms with E-state index in [9.17, 15) is 19.5 Å². The molecule has 8 atom stereocenters. The van der Waals surface area contributed by atoms with Crippen molar-refractivity contribution in [1.82, 2.24) is 15.1 Å². The molecule has 0 unspecified atom stereocenters. The lowest BCUT2D eigenvalue weighted by Gasteiger charge is -2.46. The van der Waals surface area contributed by atoms with Crippen molar-refractivity contribution < 1.29 is 38.5 Å². The van der Waals surface area contributed by atoms with Gasteiger partial charge >= 0.3 is 5.97 Å². The Kier molecular flexibility index (Phi) is 11.5. The Morgan fingerprint density at radius 1 is 1.04 bits per heavy atom. The van der Waals surface area contributed by atoms with Crippen molar-refractivity contribution in [2.45, 2.75) is 116 Å². The van der Waals surface area contributed by atoms with Crippen LogP contribution in [0.4, 0.5) is 0 Å². The number of benzene rings is 1. The molecule has 4 aliphatic heterocycles. The van der Waals surface area contributed by atoms with Crippen LogP contribution in [0.5, 0.6) is 0 Å². The third-order valence-corrected chi connectivity index (χ3v) is 10.5. The highest BCUT2D eigenvalue weighted by Gasteiger charge is 2.74. The Bertz CT molecular complexity index is 1500. The Morgan fingerprint density at radius 3 is 2.37 bits per heavy atom. The average molecular weight is 708 g/mol. The Hall–Kier alpha value is -3.54. The largest absolute Gasteiger partial charge is 0.455 e. The molecule has 1 spiro atoms. The molecule has 11 heteroatoms. The molecule has 1 aromatic rings. The van der Waals surface area contributed by atoms with Gasteiger partial charge in [0.25, 0.3) is 0 Å². The molecule has 11 nitrogen and oxygen atoms in total. The van der Waals surface area contributed by atoms with E-state index in [2.05, 4.69) is 26.1 Å². The minimum absolute atomic E-state index is 0.0702. The SMILES string of the molecule is COC[C@H]1NC(=O)CC/C=C\CN(C(C)(C)CC(C)(C)C)C(=O)[C@@H]2N([C@@H](CO)CC(C)C)C(=O)[C@H]3[C@H](C(=O)O[C@@H]1c1ccccc1)[C@@H]1C=C[C@]23O1. The number of esters is 1. The van der Waals surface area contributed by atoms with Gasteiger partial charge in [-0.3, -0.25) is 19.2 Å². The lowest BCUT2D eigenvalue weighted by Crippen LogP contribution is -2.62. The molecule has 2 saturated heterocycles. The number of cyclic esters (lactones) is 1. The molecule has 4 heterocycles. The summed E-state index contributed by atoms with van der Waals surface area (Å²) in [5, 5.41) is 13.8. The van der Waals surface area contributed by atoms with Crippen molar-refractivity contribution in [3.63, 3.8) is 0 Å². The number of carbonyl (C=O) groups excluding carboxylic acids is 4. The summed E-state index contributed by atoms with van der Waals surface area (Å²) in [7, 11) is 1.52. The maximum atomic E-state index is 15.3. The summed E-state index contributed by atoms with van der Waals surface area (Å²) in [5.41, 5.74) is -1.59. The fourth-order valence-electron chi connectivity index (χ4n) is 8.95. The number of methoxy groups -OCH3 is 1. The smallest absolute Gasteiger partial charge is 0.313 e. The number of aliphatic hydroxyl groups excluding tert-OH is 1. The first-order valence-electron chi connectivity index (χ1n) is 18.3. The topological polar surface area (TPSA) is 135 Å². The van der Waals surface area contributed by atoms with Gasteiger partial charge in [-0.1, -0.05) is 89.3 Å². The van der Waals surface area contributed by atoms with Crippen LogP contribution in [0.2, 0.25) is 0 Å². The minimum atomic E-state index is -1.44. The van der Waals surface area contributed by atoms with E-state index in [1.807, 2.05) is 70.2 Å². The molecule has 2 fully saturated rings. The second-order valence-corrected chi connectivity index (χ2v) is 16.8. The van der Waals surface area contributed by atoms with Gasteiger partial charge in [0.15, 0.2) is 0 Å². The molecule has 2 N–H and O–H groups in total. The number of hydrogen-bond donors (Lipinski definition) is 2. The van der Waals surface area contributed by atoms with E-state index in [-0.39, 0.29) is 49.3 Å². The quantitative estimate of drug-likeness (QED) is 0.286. The molecule has 1 aromatic carbocycles. The van der Waals surface area contributed by atoms with Crippen LogP contribution < -0.4 is 5.32 Å². The molecule has 0 aliphatic carbocycles. The third-order valence-electron chi connectivity index (χ3n) is 10.5. The highest BCUT2D eigenvalue weighted by molar-refractivity contribution is 5.99. The summed E-state index contributed by atoms with van der Waals surface area (Å²) in [6.07, 6.45) is 7.32. The molecule has 0 aromatic heterocycles. The van der Waals surface area contributed by atoms with Gasteiger partial charge < -0.3 is 34.4 Å². The van der Waals surface area contributed by atoms with E-state index in [4.69, 9.17) is 14.2 Å². The van der Waals surface area contributed by atoms with Crippen molar-refractivity contribution >= 4 is 23.7 Å². The number of allylic oxidation sites excluding steroid dienone is 1. The van der Waals surface area contributed by atoms with E-state index in [0.717, 1.165) is 0 Å². The zero-order valence-corrected chi connectivity index (χ0v) is 31.5. The monoisotopic (exact) mass is 707 g/mol. The number of likely N-dealkylation sites (tertiary alicyclic amines) is 1. The number of aliphatic hydroxyl groups is 1. The van der Waals surface area contributed by atoms with Crippen molar-refractivity contribution in [3.8, 4) is 0 Å². The van der Waals surface area contributed by atoms with Gasteiger partial charge in [-0.15, -0.1) is 0 Å². The van der Waals surface area contributed by atoms with Crippen molar-refractivity contribution in [1.29, 1.82) is 0 Å². The van der Waals surface area contributed by atoms with Crippen LogP contribution in [0.3, 0.4) is 0 Å². The summed E-state index contributed by atoms with van der Waals surface area (Å²) in [6.45, 7) is 14.4. The molecule has 3 amide bonds. The standard InChI is InChI=1S/C40H57N3O8/c1-25(2)21-27(22-44)43-34-36(47)42(39(6,7)24-38(3,4)5)20-14-10-13-17-30(45)41-28(23-49-8)33(26-15-11-9-12-16-26)50-37(48)31-29-18-19-40(34,51-29)32(31)35(43)46/h9-12,14-16,18-19,25,27-29,31-34,44H,13,17,20-24H2,1-8H3,(H,41,45)/b14-10-/t27-,28-,29+,31-,32-,33-,34+,40-/m1/s1. The summed E-state index contributed by atoms with van der Waals surface area (Å²) in [5.74, 6) is -3.63. The van der Waals surface area contributed by atoms with Crippen LogP contribution in [-0.2, 0) is 33.4 Å². The normalized spacial score (nSPS) is 31.6. The second kappa shape index (κ2) is 15.2. The van der Waals surface area contributed by atoms with Crippen LogP contribution in [0.15, 0.2) is 54.6 Å². The summed E-state index contributed by atoms with van der Waals surface area (Å²) < 4.78 is 18.5. The Morgan fingerprint density at radius 2 is 1.75 bits per heavy atom. The van der Waals surface area contributed by atoms with E-state index >= 15 is 4.79 Å². The van der Waals surface area contributed by atoms with Crippen molar-refractivity contribution in [2.75, 3.05) is 26.9 Å².